The topological polar surface area (TPSA) is 49.7 Å². The Morgan fingerprint density at radius 1 is 1.33 bits per heavy atom. The molecule has 0 spiro atoms. The van der Waals surface area contributed by atoms with E-state index in [0.717, 1.165) is 6.07 Å². The Hall–Kier alpha value is -1.30. The lowest BCUT2D eigenvalue weighted by atomic mass is 9.96. The van der Waals surface area contributed by atoms with E-state index < -0.39 is 11.4 Å². The molecule has 0 saturated heterocycles. The lowest BCUT2D eigenvalue weighted by molar-refractivity contribution is 0.00397. The molecule has 1 unspecified atom stereocenters. The van der Waals surface area contributed by atoms with E-state index in [0.29, 0.717) is 4.47 Å². The summed E-state index contributed by atoms with van der Waals surface area (Å²) >= 11 is 8.85. The lowest BCUT2D eigenvalue weighted by Crippen LogP contribution is -2.30. The summed E-state index contributed by atoms with van der Waals surface area (Å²) in [6.45, 7) is 1.20. The van der Waals surface area contributed by atoms with Gasteiger partial charge in [-0.25, -0.2) is 4.39 Å². The van der Waals surface area contributed by atoms with Gasteiger partial charge in [0, 0.05) is 10.6 Å². The number of phenols is 1. The Bertz CT molecular complexity index is 661. The summed E-state index contributed by atoms with van der Waals surface area (Å²) in [6.07, 6.45) is 0. The predicted molar refractivity (Wildman–Crippen MR) is 82.3 cm³/mol. The van der Waals surface area contributed by atoms with Crippen molar-refractivity contribution in [3.63, 3.8) is 0 Å². The molecule has 2 aromatic rings. The Kier molecular flexibility index (Phi) is 4.76. The zero-order chi connectivity index (χ0) is 15.6. The monoisotopic (exact) mass is 374 g/mol. The van der Waals surface area contributed by atoms with Crippen LogP contribution >= 0.6 is 27.5 Å². The van der Waals surface area contributed by atoms with Crippen LogP contribution in [0.25, 0.3) is 0 Å². The van der Waals surface area contributed by atoms with Crippen molar-refractivity contribution < 1.29 is 19.3 Å². The van der Waals surface area contributed by atoms with E-state index in [1.54, 1.807) is 18.2 Å². The number of phenolic OH excluding ortho intramolecular Hbond substituents is 1. The van der Waals surface area contributed by atoms with Gasteiger partial charge < -0.3 is 14.9 Å². The molecule has 21 heavy (non-hydrogen) atoms. The number of hydrogen-bond donors (Lipinski definition) is 2. The lowest BCUT2D eigenvalue weighted by Gasteiger charge is -2.25. The van der Waals surface area contributed by atoms with Crippen LogP contribution in [0.15, 0.2) is 40.9 Å². The van der Waals surface area contributed by atoms with E-state index in [2.05, 4.69) is 15.9 Å². The summed E-state index contributed by atoms with van der Waals surface area (Å²) in [5.41, 5.74) is -1.50. The van der Waals surface area contributed by atoms with E-state index in [9.17, 15) is 14.6 Å². The maximum Gasteiger partial charge on any atom is 0.172 e. The SMILES string of the molecule is CC(O)(COc1cccc(Br)c1O)c1ccc(Cl)cc1F. The summed E-state index contributed by atoms with van der Waals surface area (Å²) in [5.74, 6) is -0.501. The minimum absolute atomic E-state index is 0.0707. The Labute approximate surface area is 135 Å². The van der Waals surface area contributed by atoms with Crippen molar-refractivity contribution in [1.29, 1.82) is 0 Å². The first-order chi connectivity index (χ1) is 9.81. The molecule has 0 heterocycles. The quantitative estimate of drug-likeness (QED) is 0.840. The molecule has 0 bridgehead atoms. The van der Waals surface area contributed by atoms with Gasteiger partial charge in [-0.2, -0.15) is 0 Å². The minimum atomic E-state index is -1.57. The van der Waals surface area contributed by atoms with Crippen LogP contribution in [0.3, 0.4) is 0 Å². The van der Waals surface area contributed by atoms with Gasteiger partial charge in [0.1, 0.15) is 18.0 Å². The van der Waals surface area contributed by atoms with Crippen LogP contribution in [0.1, 0.15) is 12.5 Å². The Morgan fingerprint density at radius 3 is 2.71 bits per heavy atom. The maximum absolute atomic E-state index is 13.9. The summed E-state index contributed by atoms with van der Waals surface area (Å²) in [7, 11) is 0. The highest BCUT2D eigenvalue weighted by atomic mass is 79.9. The van der Waals surface area contributed by atoms with Crippen LogP contribution in [0.2, 0.25) is 5.02 Å². The van der Waals surface area contributed by atoms with Crippen molar-refractivity contribution in [1.82, 2.24) is 0 Å². The molecule has 0 radical (unpaired) electrons. The molecule has 1 atom stereocenters. The highest BCUT2D eigenvalue weighted by molar-refractivity contribution is 9.10. The molecule has 0 aromatic heterocycles. The second-order valence-corrected chi connectivity index (χ2v) is 6.06. The third kappa shape index (κ3) is 3.67. The third-order valence-electron chi connectivity index (χ3n) is 2.97. The number of benzene rings is 2. The molecule has 2 N–H and O–H groups in total. The van der Waals surface area contributed by atoms with E-state index >= 15 is 0 Å². The van der Waals surface area contributed by atoms with Crippen LogP contribution in [-0.4, -0.2) is 16.8 Å². The molecule has 0 aliphatic carbocycles. The molecule has 6 heteroatoms. The summed E-state index contributed by atoms with van der Waals surface area (Å²) in [5, 5.41) is 20.4. The van der Waals surface area contributed by atoms with E-state index in [4.69, 9.17) is 16.3 Å². The summed E-state index contributed by atoms with van der Waals surface area (Å²) in [6, 6.07) is 8.90. The van der Waals surface area contributed by atoms with Crippen LogP contribution in [-0.2, 0) is 5.60 Å². The normalized spacial score (nSPS) is 13.8. The van der Waals surface area contributed by atoms with Gasteiger partial charge in [0.2, 0.25) is 0 Å². The van der Waals surface area contributed by atoms with Gasteiger partial charge in [-0.1, -0.05) is 23.7 Å². The smallest absolute Gasteiger partial charge is 0.172 e. The number of ether oxygens (including phenoxy) is 1. The molecular weight excluding hydrogens is 363 g/mol. The molecule has 0 aliphatic rings. The number of aliphatic hydroxyl groups is 1. The van der Waals surface area contributed by atoms with E-state index in [-0.39, 0.29) is 28.7 Å². The molecule has 112 valence electrons. The van der Waals surface area contributed by atoms with Gasteiger partial charge in [0.15, 0.2) is 11.5 Å². The number of halogens is 3. The first-order valence-electron chi connectivity index (χ1n) is 6.09. The first kappa shape index (κ1) is 16.1. The van der Waals surface area contributed by atoms with Gasteiger partial charge in [-0.3, -0.25) is 0 Å². The zero-order valence-corrected chi connectivity index (χ0v) is 13.4. The van der Waals surface area contributed by atoms with Gasteiger partial charge >= 0.3 is 0 Å². The van der Waals surface area contributed by atoms with Crippen LogP contribution in [0.5, 0.6) is 11.5 Å². The average molecular weight is 376 g/mol. The molecule has 0 saturated carbocycles. The fourth-order valence-electron chi connectivity index (χ4n) is 1.83. The fraction of sp³-hybridized carbons (Fsp3) is 0.200. The Balaban J connectivity index is 2.19. The molecule has 0 fully saturated rings. The summed E-state index contributed by atoms with van der Waals surface area (Å²) in [4.78, 5) is 0. The molecule has 3 nitrogen and oxygen atoms in total. The average Bonchev–Trinajstić information content (AvgIpc) is 2.40. The Morgan fingerprint density at radius 2 is 2.05 bits per heavy atom. The first-order valence-corrected chi connectivity index (χ1v) is 7.26. The second kappa shape index (κ2) is 6.22. The van der Waals surface area contributed by atoms with Crippen LogP contribution in [0, 0.1) is 5.82 Å². The number of hydrogen-bond acceptors (Lipinski definition) is 3. The van der Waals surface area contributed by atoms with E-state index in [1.165, 1.54) is 19.1 Å². The number of rotatable bonds is 4. The molecular formula is C15H13BrClFO3. The third-order valence-corrected chi connectivity index (χ3v) is 3.84. The molecule has 0 amide bonds. The van der Waals surface area contributed by atoms with Crippen molar-refractivity contribution in [2.24, 2.45) is 0 Å². The van der Waals surface area contributed by atoms with E-state index in [1.807, 2.05) is 0 Å². The number of para-hydroxylation sites is 1. The van der Waals surface area contributed by atoms with Gasteiger partial charge in [-0.05, 0) is 47.1 Å². The fourth-order valence-corrected chi connectivity index (χ4v) is 2.34. The minimum Gasteiger partial charge on any atom is -0.503 e. The largest absolute Gasteiger partial charge is 0.503 e. The molecule has 0 aliphatic heterocycles. The maximum atomic E-state index is 13.9. The predicted octanol–water partition coefficient (Wildman–Crippen LogP) is 4.23. The van der Waals surface area contributed by atoms with Gasteiger partial charge in [-0.15, -0.1) is 0 Å². The zero-order valence-electron chi connectivity index (χ0n) is 11.1. The van der Waals surface area contributed by atoms with Gasteiger partial charge in [0.25, 0.3) is 0 Å². The van der Waals surface area contributed by atoms with Crippen LogP contribution < -0.4 is 4.74 Å². The van der Waals surface area contributed by atoms with Crippen molar-refractivity contribution in [2.45, 2.75) is 12.5 Å². The highest BCUT2D eigenvalue weighted by Crippen LogP contribution is 2.35. The van der Waals surface area contributed by atoms with Gasteiger partial charge in [0.05, 0.1) is 4.47 Å². The van der Waals surface area contributed by atoms with Crippen molar-refractivity contribution >= 4 is 27.5 Å². The summed E-state index contributed by atoms with van der Waals surface area (Å²) < 4.78 is 19.7. The molecule has 2 rings (SSSR count). The number of aromatic hydroxyl groups is 1. The highest BCUT2D eigenvalue weighted by Gasteiger charge is 2.28. The molecule has 2 aromatic carbocycles. The standard InChI is InChI=1S/C15H13BrClFO3/c1-15(20,10-6-5-9(17)7-12(10)18)8-21-13-4-2-3-11(16)14(13)19/h2-7,19-20H,8H2,1H3. The van der Waals surface area contributed by atoms with Crippen molar-refractivity contribution in [3.8, 4) is 11.5 Å². The van der Waals surface area contributed by atoms with Crippen molar-refractivity contribution in [3.05, 3.63) is 57.3 Å². The van der Waals surface area contributed by atoms with Crippen molar-refractivity contribution in [2.75, 3.05) is 6.61 Å². The second-order valence-electron chi connectivity index (χ2n) is 4.77. The van der Waals surface area contributed by atoms with Crippen LogP contribution in [0.4, 0.5) is 4.39 Å².